The third-order valence-corrected chi connectivity index (χ3v) is 4.80. The van der Waals surface area contributed by atoms with E-state index in [0.717, 1.165) is 43.9 Å². The molecule has 0 saturated carbocycles. The van der Waals surface area contributed by atoms with E-state index in [4.69, 9.17) is 9.47 Å². The molecule has 0 unspecified atom stereocenters. The Balaban J connectivity index is 2.56. The lowest BCUT2D eigenvalue weighted by Crippen LogP contribution is -2.44. The van der Waals surface area contributed by atoms with Crippen molar-refractivity contribution in [3.05, 3.63) is 24.3 Å². The number of anilines is 1. The van der Waals surface area contributed by atoms with Gasteiger partial charge in [-0.3, -0.25) is 4.79 Å². The van der Waals surface area contributed by atoms with Gasteiger partial charge in [0.05, 0.1) is 6.61 Å². The number of carbonyl (C=O) groups excluding carboxylic acids is 1. The number of nitrogens with one attached hydrogen (secondary N) is 1. The second-order valence-corrected chi connectivity index (χ2v) is 7.88. The fourth-order valence-electron chi connectivity index (χ4n) is 3.24. The Hall–Kier alpha value is -1.59. The minimum Gasteiger partial charge on any atom is -0.494 e. The number of hydrogen-bond donors (Lipinski definition) is 1. The van der Waals surface area contributed by atoms with Crippen molar-refractivity contribution in [3.63, 3.8) is 0 Å². The molecule has 5 heteroatoms. The first-order valence-corrected chi connectivity index (χ1v) is 10.7. The molecule has 28 heavy (non-hydrogen) atoms. The number of ether oxygens (including phenoxy) is 2. The molecule has 1 N–H and O–H groups in total. The molecule has 1 rings (SSSR count). The van der Waals surface area contributed by atoms with Crippen molar-refractivity contribution in [1.82, 2.24) is 4.90 Å². The molecule has 0 aromatic heterocycles. The van der Waals surface area contributed by atoms with Crippen LogP contribution in [-0.2, 0) is 9.53 Å². The fraction of sp³-hybridized carbons (Fsp3) is 0.696. The zero-order valence-corrected chi connectivity index (χ0v) is 18.7. The standard InChI is InChI=1S/C23H40N2O3/c1-7-16-28-23(6,18-19(4)5)22(26)24-20-11-13-21(14-12-20)27-17-10-15-25(8-2)9-3/h11-14,19H,7-10,15-18H2,1-6H3,(H,24,26)/t23-/m0/s1. The zero-order chi connectivity index (χ0) is 21.0. The van der Waals surface area contributed by atoms with Crippen LogP contribution in [0.25, 0.3) is 0 Å². The minimum absolute atomic E-state index is 0.0949. The lowest BCUT2D eigenvalue weighted by atomic mass is 9.93. The number of rotatable bonds is 14. The normalized spacial score (nSPS) is 13.6. The van der Waals surface area contributed by atoms with E-state index in [1.54, 1.807) is 0 Å². The summed E-state index contributed by atoms with van der Waals surface area (Å²) in [6.07, 6.45) is 2.58. The highest BCUT2D eigenvalue weighted by Gasteiger charge is 2.34. The number of amides is 1. The summed E-state index contributed by atoms with van der Waals surface area (Å²) in [6.45, 7) is 17.0. The van der Waals surface area contributed by atoms with Crippen LogP contribution in [0.15, 0.2) is 24.3 Å². The highest BCUT2D eigenvalue weighted by molar-refractivity contribution is 5.97. The summed E-state index contributed by atoms with van der Waals surface area (Å²) in [6, 6.07) is 7.57. The maximum absolute atomic E-state index is 12.8. The van der Waals surface area contributed by atoms with Gasteiger partial charge in [-0.1, -0.05) is 34.6 Å². The SMILES string of the molecule is CCCO[C@@](C)(CC(C)C)C(=O)Nc1ccc(OCCCN(CC)CC)cc1. The minimum atomic E-state index is -0.816. The van der Waals surface area contributed by atoms with Gasteiger partial charge in [-0.05, 0) is 69.5 Å². The smallest absolute Gasteiger partial charge is 0.256 e. The van der Waals surface area contributed by atoms with Gasteiger partial charge in [-0.2, -0.15) is 0 Å². The van der Waals surface area contributed by atoms with Gasteiger partial charge < -0.3 is 19.7 Å². The molecule has 1 aromatic rings. The molecule has 1 aromatic carbocycles. The second kappa shape index (κ2) is 12.8. The third-order valence-electron chi connectivity index (χ3n) is 4.80. The van der Waals surface area contributed by atoms with Crippen molar-refractivity contribution in [2.45, 2.75) is 66.4 Å². The number of benzene rings is 1. The molecule has 160 valence electrons. The van der Waals surface area contributed by atoms with E-state index in [2.05, 4.69) is 44.8 Å². The van der Waals surface area contributed by atoms with Gasteiger partial charge in [0.1, 0.15) is 11.4 Å². The highest BCUT2D eigenvalue weighted by atomic mass is 16.5. The van der Waals surface area contributed by atoms with Crippen LogP contribution in [-0.4, -0.2) is 49.3 Å². The molecular formula is C23H40N2O3. The average molecular weight is 393 g/mol. The molecule has 0 bridgehead atoms. The van der Waals surface area contributed by atoms with E-state index >= 15 is 0 Å². The maximum Gasteiger partial charge on any atom is 0.256 e. The van der Waals surface area contributed by atoms with Crippen LogP contribution >= 0.6 is 0 Å². The van der Waals surface area contributed by atoms with E-state index in [0.29, 0.717) is 25.6 Å². The predicted molar refractivity (Wildman–Crippen MR) is 117 cm³/mol. The van der Waals surface area contributed by atoms with Crippen LogP contribution in [0.2, 0.25) is 0 Å². The van der Waals surface area contributed by atoms with Gasteiger partial charge in [0.25, 0.3) is 5.91 Å². The molecule has 0 saturated heterocycles. The van der Waals surface area contributed by atoms with Gasteiger partial charge in [-0.15, -0.1) is 0 Å². The molecule has 0 aliphatic carbocycles. The molecule has 0 aliphatic heterocycles. The van der Waals surface area contributed by atoms with Gasteiger partial charge in [-0.25, -0.2) is 0 Å². The highest BCUT2D eigenvalue weighted by Crippen LogP contribution is 2.24. The number of carbonyl (C=O) groups is 1. The van der Waals surface area contributed by atoms with Crippen molar-refractivity contribution in [2.24, 2.45) is 5.92 Å². The Kier molecular flexibility index (Phi) is 11.2. The summed E-state index contributed by atoms with van der Waals surface area (Å²) in [5.74, 6) is 1.10. The Morgan fingerprint density at radius 2 is 1.75 bits per heavy atom. The van der Waals surface area contributed by atoms with E-state index in [1.807, 2.05) is 31.2 Å². The molecule has 0 aliphatic rings. The number of hydrogen-bond acceptors (Lipinski definition) is 4. The Bertz CT molecular complexity index is 555. The van der Waals surface area contributed by atoms with Crippen LogP contribution in [0.3, 0.4) is 0 Å². The van der Waals surface area contributed by atoms with E-state index in [1.165, 1.54) is 0 Å². The molecule has 0 radical (unpaired) electrons. The van der Waals surface area contributed by atoms with E-state index < -0.39 is 5.60 Å². The average Bonchev–Trinajstić information content (AvgIpc) is 2.67. The number of nitrogens with zero attached hydrogens (tertiary/aromatic N) is 1. The van der Waals surface area contributed by atoms with Crippen LogP contribution in [0, 0.1) is 5.92 Å². The van der Waals surface area contributed by atoms with Gasteiger partial charge in [0, 0.05) is 18.8 Å². The first kappa shape index (κ1) is 24.4. The van der Waals surface area contributed by atoms with Gasteiger partial charge >= 0.3 is 0 Å². The summed E-state index contributed by atoms with van der Waals surface area (Å²) < 4.78 is 11.7. The first-order valence-electron chi connectivity index (χ1n) is 10.7. The summed E-state index contributed by atoms with van der Waals surface area (Å²) in [7, 11) is 0. The molecule has 0 heterocycles. The molecule has 0 spiro atoms. The first-order chi connectivity index (χ1) is 13.3. The quantitative estimate of drug-likeness (QED) is 0.454. The largest absolute Gasteiger partial charge is 0.494 e. The van der Waals surface area contributed by atoms with Crippen LogP contribution in [0.5, 0.6) is 5.75 Å². The predicted octanol–water partition coefficient (Wildman–Crippen LogP) is 4.97. The van der Waals surface area contributed by atoms with Crippen molar-refractivity contribution < 1.29 is 14.3 Å². The lowest BCUT2D eigenvalue weighted by Gasteiger charge is -2.30. The third kappa shape index (κ3) is 8.61. The maximum atomic E-state index is 12.8. The van der Waals surface area contributed by atoms with Crippen molar-refractivity contribution in [1.29, 1.82) is 0 Å². The molecule has 0 fully saturated rings. The van der Waals surface area contributed by atoms with Crippen molar-refractivity contribution in [2.75, 3.05) is 38.2 Å². The van der Waals surface area contributed by atoms with Crippen LogP contribution < -0.4 is 10.1 Å². The Morgan fingerprint density at radius 1 is 1.11 bits per heavy atom. The molecular weight excluding hydrogens is 352 g/mol. The van der Waals surface area contributed by atoms with E-state index in [9.17, 15) is 4.79 Å². The topological polar surface area (TPSA) is 50.8 Å². The molecule has 1 amide bonds. The van der Waals surface area contributed by atoms with Crippen molar-refractivity contribution >= 4 is 11.6 Å². The monoisotopic (exact) mass is 392 g/mol. The summed E-state index contributed by atoms with van der Waals surface area (Å²) in [5, 5.41) is 3.00. The summed E-state index contributed by atoms with van der Waals surface area (Å²) in [5.41, 5.74) is -0.0559. The summed E-state index contributed by atoms with van der Waals surface area (Å²) in [4.78, 5) is 15.2. The molecule has 5 nitrogen and oxygen atoms in total. The van der Waals surface area contributed by atoms with Crippen LogP contribution in [0.4, 0.5) is 5.69 Å². The van der Waals surface area contributed by atoms with Gasteiger partial charge in [0.2, 0.25) is 0 Å². The molecule has 1 atom stereocenters. The Labute approximate surface area is 171 Å². The van der Waals surface area contributed by atoms with E-state index in [-0.39, 0.29) is 5.91 Å². The lowest BCUT2D eigenvalue weighted by molar-refractivity contribution is -0.141. The summed E-state index contributed by atoms with van der Waals surface area (Å²) >= 11 is 0. The van der Waals surface area contributed by atoms with Gasteiger partial charge in [0.15, 0.2) is 0 Å². The second-order valence-electron chi connectivity index (χ2n) is 7.88. The zero-order valence-electron chi connectivity index (χ0n) is 18.7. The Morgan fingerprint density at radius 3 is 2.29 bits per heavy atom. The van der Waals surface area contributed by atoms with Crippen LogP contribution in [0.1, 0.15) is 60.8 Å². The fourth-order valence-corrected chi connectivity index (χ4v) is 3.24. The van der Waals surface area contributed by atoms with Crippen molar-refractivity contribution in [3.8, 4) is 5.75 Å².